The first-order valence-corrected chi connectivity index (χ1v) is 8.14. The molecule has 0 heterocycles. The molecule has 0 rings (SSSR count). The molecule has 0 aromatic carbocycles. The third-order valence-corrected chi connectivity index (χ3v) is 2.91. The van der Waals surface area contributed by atoms with Gasteiger partial charge < -0.3 is 67.0 Å². The summed E-state index contributed by atoms with van der Waals surface area (Å²) in [4.78, 5) is 59.1. The third kappa shape index (κ3) is 29.2. The smallest absolute Gasteiger partial charge is 0.550 e. The molecule has 0 aromatic rings. The molecule has 0 unspecified atom stereocenters. The summed E-state index contributed by atoms with van der Waals surface area (Å²) in [5.74, 6) is -7.70. The van der Waals surface area contributed by atoms with Crippen molar-refractivity contribution < 1.29 is 59.4 Å². The van der Waals surface area contributed by atoms with Crippen LogP contribution in [-0.4, -0.2) is 75.1 Å². The molecule has 0 saturated carbocycles. The Morgan fingerprint density at radius 1 is 0.613 bits per heavy atom. The fraction of sp³-hybridized carbons (Fsp3) is 0.600. The van der Waals surface area contributed by atoms with Gasteiger partial charge in [0.25, 0.3) is 0 Å². The molecule has 0 amide bonds. The maximum absolute atomic E-state index is 9.99. The summed E-state index contributed by atoms with van der Waals surface area (Å²) in [7, 11) is 0. The quantitative estimate of drug-likeness (QED) is 0.167. The number of carbonyl (C=O) groups excluding carboxylic acids is 4. The van der Waals surface area contributed by atoms with Crippen LogP contribution < -0.4 is 37.6 Å². The molecule has 16 heteroatoms. The molecule has 0 aromatic heterocycles. The van der Waals surface area contributed by atoms with E-state index in [0.29, 0.717) is 0 Å². The average Bonchev–Trinajstić information content (AvgIpc) is 2.62. The molecule has 0 radical (unpaired) electrons. The van der Waals surface area contributed by atoms with Crippen LogP contribution in [0, 0.1) is 0 Å². The van der Waals surface area contributed by atoms with Crippen LogP contribution >= 0.6 is 0 Å². The van der Waals surface area contributed by atoms with E-state index in [1.807, 2.05) is 0 Å². The van der Waals surface area contributed by atoms with Crippen molar-refractivity contribution in [3.05, 3.63) is 0 Å². The van der Waals surface area contributed by atoms with E-state index in [0.717, 1.165) is 0 Å². The summed E-state index contributed by atoms with van der Waals surface area (Å²) >= 11 is 0. The number of carboxylic acid groups (broad SMARTS) is 6. The van der Waals surface area contributed by atoms with E-state index in [1.54, 1.807) is 0 Å². The van der Waals surface area contributed by atoms with E-state index in [9.17, 15) is 49.2 Å². The van der Waals surface area contributed by atoms with Crippen LogP contribution in [0.15, 0.2) is 0 Å². The number of aliphatic carboxylic acids is 6. The van der Waals surface area contributed by atoms with Gasteiger partial charge in [0, 0.05) is 30.4 Å². The molecule has 0 bridgehead atoms. The van der Waals surface area contributed by atoms with Gasteiger partial charge in [-0.3, -0.25) is 9.59 Å². The monoisotopic (exact) mass is 465 g/mol. The molecule has 0 fully saturated rings. The standard InChI is InChI=1S/3C5H9NO4.Si/c3*6-3(5(9)10)1-2-4(7)8;/h3*3H,1-2,6H2,(H,7,8)(H,9,10);/q;;;+4/p-4/t3*3-;/m000./s1. The normalized spacial score (nSPS) is 12.1. The number of nitrogens with two attached hydrogens (primary N) is 3. The summed E-state index contributed by atoms with van der Waals surface area (Å²) in [6.45, 7) is 0. The summed E-state index contributed by atoms with van der Waals surface area (Å²) in [5, 5.41) is 55.5. The van der Waals surface area contributed by atoms with Crippen molar-refractivity contribution in [2.75, 3.05) is 0 Å². The second-order valence-corrected chi connectivity index (χ2v) is 5.55. The molecule has 31 heavy (non-hydrogen) atoms. The Morgan fingerprint density at radius 2 is 0.903 bits per heavy atom. The summed E-state index contributed by atoms with van der Waals surface area (Å²) in [6.07, 6.45) is -1.22. The van der Waals surface area contributed by atoms with Crippen LogP contribution in [0.3, 0.4) is 0 Å². The summed E-state index contributed by atoms with van der Waals surface area (Å²) < 4.78 is 0. The zero-order chi connectivity index (χ0) is 24.4. The second kappa shape index (κ2) is 20.2. The Kier molecular flexibility index (Phi) is 23.0. The van der Waals surface area contributed by atoms with Crippen LogP contribution in [-0.2, 0) is 28.8 Å². The van der Waals surface area contributed by atoms with Crippen molar-refractivity contribution in [1.82, 2.24) is 0 Å². The molecule has 0 aliphatic heterocycles. The number of hydrogen-bond donors (Lipinski definition) is 5. The second-order valence-electron chi connectivity index (χ2n) is 5.55. The van der Waals surface area contributed by atoms with E-state index < -0.39 is 53.9 Å². The number of rotatable bonds is 12. The zero-order valence-corrected chi connectivity index (χ0v) is 17.2. The molecule has 0 aliphatic carbocycles. The average molecular weight is 465 g/mol. The molecule has 0 spiro atoms. The molecule has 0 saturated heterocycles. The molecule has 8 N–H and O–H groups in total. The van der Waals surface area contributed by atoms with Crippen molar-refractivity contribution in [3.63, 3.8) is 0 Å². The molecular formula is C15H23N3O12Si. The number of carboxylic acids is 6. The predicted molar refractivity (Wildman–Crippen MR) is 92.7 cm³/mol. The molecule has 0 aliphatic rings. The summed E-state index contributed by atoms with van der Waals surface area (Å²) in [6, 6.07) is -3.48. The van der Waals surface area contributed by atoms with Crippen LogP contribution in [0.2, 0.25) is 0 Å². The van der Waals surface area contributed by atoms with Crippen molar-refractivity contribution in [2.45, 2.75) is 56.7 Å². The van der Waals surface area contributed by atoms with Crippen LogP contribution in [0.1, 0.15) is 38.5 Å². The number of carbonyl (C=O) groups is 6. The molecule has 3 atom stereocenters. The first kappa shape index (κ1) is 35.4. The van der Waals surface area contributed by atoms with E-state index in [-0.39, 0.29) is 49.5 Å². The van der Waals surface area contributed by atoms with Gasteiger partial charge in [0.05, 0.1) is 11.9 Å². The molecule has 15 nitrogen and oxygen atoms in total. The van der Waals surface area contributed by atoms with Gasteiger partial charge in [-0.05, 0) is 32.1 Å². The number of hydrogen-bond acceptors (Lipinski definition) is 13. The van der Waals surface area contributed by atoms with E-state index in [1.165, 1.54) is 0 Å². The zero-order valence-electron chi connectivity index (χ0n) is 16.2. The Hall–Kier alpha value is -3.08. The van der Waals surface area contributed by atoms with Crippen LogP contribution in [0.5, 0.6) is 0 Å². The maximum Gasteiger partial charge on any atom is 4.00 e. The summed E-state index contributed by atoms with van der Waals surface area (Å²) in [5.41, 5.74) is 14.8. The van der Waals surface area contributed by atoms with Gasteiger partial charge in [0.1, 0.15) is 6.04 Å². The van der Waals surface area contributed by atoms with E-state index in [2.05, 4.69) is 0 Å². The van der Waals surface area contributed by atoms with Crippen molar-refractivity contribution in [2.24, 2.45) is 17.2 Å². The Morgan fingerprint density at radius 3 is 1.10 bits per heavy atom. The van der Waals surface area contributed by atoms with Crippen molar-refractivity contribution in [3.8, 4) is 0 Å². The SMILES string of the molecule is N[C@@H](CCC(=O)O)C(=O)O.N[C@@H](CCC(=O)[O-])C(=O)[O-].N[C@@H](CCC(=O)[O-])C(=O)[O-].[Si+4]. The molecule has 174 valence electrons. The minimum Gasteiger partial charge on any atom is -0.550 e. The van der Waals surface area contributed by atoms with Gasteiger partial charge in [0.15, 0.2) is 0 Å². The Bertz CT molecular complexity index is 521. The minimum atomic E-state index is -1.44. The first-order valence-electron chi connectivity index (χ1n) is 8.14. The van der Waals surface area contributed by atoms with Gasteiger partial charge in [-0.1, -0.05) is 0 Å². The predicted octanol–water partition coefficient (Wildman–Crippen LogP) is -7.93. The Balaban J connectivity index is -0.000000174. The van der Waals surface area contributed by atoms with Gasteiger partial charge >= 0.3 is 22.9 Å². The maximum atomic E-state index is 9.99. The fourth-order valence-electron chi connectivity index (χ4n) is 1.18. The topological polar surface area (TPSA) is 313 Å². The third-order valence-electron chi connectivity index (χ3n) is 2.91. The van der Waals surface area contributed by atoms with Crippen LogP contribution in [0.25, 0.3) is 0 Å². The van der Waals surface area contributed by atoms with Crippen molar-refractivity contribution >= 4 is 46.8 Å². The van der Waals surface area contributed by atoms with Crippen LogP contribution in [0.4, 0.5) is 0 Å². The van der Waals surface area contributed by atoms with Gasteiger partial charge in [0.2, 0.25) is 0 Å². The fourth-order valence-corrected chi connectivity index (χ4v) is 1.18. The van der Waals surface area contributed by atoms with E-state index in [4.69, 9.17) is 27.4 Å². The minimum absolute atomic E-state index is 0. The first-order chi connectivity index (χ1) is 13.6. The van der Waals surface area contributed by atoms with Gasteiger partial charge in [-0.2, -0.15) is 0 Å². The van der Waals surface area contributed by atoms with Gasteiger partial charge in [-0.25, -0.2) is 0 Å². The van der Waals surface area contributed by atoms with Gasteiger partial charge in [-0.15, -0.1) is 0 Å². The van der Waals surface area contributed by atoms with Crippen molar-refractivity contribution in [1.29, 1.82) is 0 Å². The Labute approximate surface area is 180 Å². The largest absolute Gasteiger partial charge is 4.00 e. The molecular weight excluding hydrogens is 442 g/mol. The van der Waals surface area contributed by atoms with E-state index >= 15 is 0 Å².